The van der Waals surface area contributed by atoms with E-state index in [-0.39, 0.29) is 11.8 Å². The Kier molecular flexibility index (Phi) is 5.48. The summed E-state index contributed by atoms with van der Waals surface area (Å²) in [4.78, 5) is 19.0. The zero-order chi connectivity index (χ0) is 15.2. The van der Waals surface area contributed by atoms with Crippen molar-refractivity contribution < 1.29 is 4.79 Å². The number of nitrogens with zero attached hydrogens (tertiary/aromatic N) is 2. The van der Waals surface area contributed by atoms with E-state index in [9.17, 15) is 4.79 Å². The maximum absolute atomic E-state index is 12.6. The molecule has 1 aromatic heterocycles. The molecule has 2 rings (SSSR count). The molecular weight excluding hydrogens is 284 g/mol. The summed E-state index contributed by atoms with van der Waals surface area (Å²) in [7, 11) is 0. The number of rotatable bonds is 6. The molecule has 0 saturated carbocycles. The van der Waals surface area contributed by atoms with Gasteiger partial charge in [0.15, 0.2) is 5.78 Å². The van der Waals surface area contributed by atoms with E-state index in [0.29, 0.717) is 17.1 Å². The fourth-order valence-electron chi connectivity index (χ4n) is 2.27. The van der Waals surface area contributed by atoms with Crippen molar-refractivity contribution in [1.82, 2.24) is 9.88 Å². The fourth-order valence-corrected chi connectivity index (χ4v) is 2.46. The van der Waals surface area contributed by atoms with Crippen LogP contribution in [0.15, 0.2) is 48.7 Å². The van der Waals surface area contributed by atoms with Crippen LogP contribution in [0.3, 0.4) is 0 Å². The Morgan fingerprint density at radius 3 is 2.71 bits per heavy atom. The maximum atomic E-state index is 12.6. The Labute approximate surface area is 130 Å². The van der Waals surface area contributed by atoms with Crippen LogP contribution in [0, 0.1) is 0 Å². The van der Waals surface area contributed by atoms with Gasteiger partial charge in [-0.2, -0.15) is 0 Å². The number of benzene rings is 1. The van der Waals surface area contributed by atoms with Gasteiger partial charge in [0, 0.05) is 23.3 Å². The Morgan fingerprint density at radius 2 is 2.10 bits per heavy atom. The van der Waals surface area contributed by atoms with Crippen LogP contribution in [0.4, 0.5) is 0 Å². The summed E-state index contributed by atoms with van der Waals surface area (Å²) in [5, 5.41) is 0.584. The Balaban J connectivity index is 2.12. The van der Waals surface area contributed by atoms with Gasteiger partial charge in [0.05, 0.1) is 11.7 Å². The van der Waals surface area contributed by atoms with Crippen LogP contribution in [0.1, 0.15) is 29.9 Å². The van der Waals surface area contributed by atoms with E-state index in [1.165, 1.54) is 0 Å². The summed E-state index contributed by atoms with van der Waals surface area (Å²) in [5.41, 5.74) is 1.61. The molecule has 0 aliphatic rings. The monoisotopic (exact) mass is 302 g/mol. The number of carbonyl (C=O) groups is 1. The summed E-state index contributed by atoms with van der Waals surface area (Å²) in [6.45, 7) is 5.41. The molecular formula is C17H19ClN2O. The van der Waals surface area contributed by atoms with Gasteiger partial charge in [-0.3, -0.25) is 14.7 Å². The van der Waals surface area contributed by atoms with Gasteiger partial charge in [-0.1, -0.05) is 36.7 Å². The first kappa shape index (κ1) is 15.7. The first-order valence-electron chi connectivity index (χ1n) is 7.05. The molecule has 0 aliphatic heterocycles. The number of ketones is 1. The van der Waals surface area contributed by atoms with E-state index in [1.807, 2.05) is 32.0 Å². The number of aromatic nitrogens is 1. The van der Waals surface area contributed by atoms with E-state index in [2.05, 4.69) is 9.88 Å². The topological polar surface area (TPSA) is 33.2 Å². The Hall–Kier alpha value is -1.71. The lowest BCUT2D eigenvalue weighted by Crippen LogP contribution is -2.38. The van der Waals surface area contributed by atoms with Gasteiger partial charge in [0.1, 0.15) is 0 Å². The van der Waals surface area contributed by atoms with Crippen molar-refractivity contribution in [3.8, 4) is 0 Å². The van der Waals surface area contributed by atoms with Crippen molar-refractivity contribution in [2.24, 2.45) is 0 Å². The molecule has 0 saturated heterocycles. The second-order valence-corrected chi connectivity index (χ2v) is 5.37. The zero-order valence-electron chi connectivity index (χ0n) is 12.3. The lowest BCUT2D eigenvalue weighted by atomic mass is 10.0. The lowest BCUT2D eigenvalue weighted by molar-refractivity contribution is 0.0834. The molecule has 0 fully saturated rings. The predicted molar refractivity (Wildman–Crippen MR) is 85.6 cm³/mol. The minimum Gasteiger partial charge on any atom is -0.292 e. The Morgan fingerprint density at radius 1 is 1.29 bits per heavy atom. The number of likely N-dealkylation sites (N-methyl/N-ethyl adjacent to an activating group) is 1. The van der Waals surface area contributed by atoms with Gasteiger partial charge in [-0.25, -0.2) is 0 Å². The second-order valence-electron chi connectivity index (χ2n) is 4.93. The number of carbonyl (C=O) groups excluding carboxylic acids is 1. The summed E-state index contributed by atoms with van der Waals surface area (Å²) in [6.07, 6.45) is 1.77. The van der Waals surface area contributed by atoms with E-state index in [0.717, 1.165) is 12.2 Å². The number of hydrogen-bond donors (Lipinski definition) is 0. The summed E-state index contributed by atoms with van der Waals surface area (Å²) in [5.74, 6) is 0.0790. The van der Waals surface area contributed by atoms with E-state index < -0.39 is 0 Å². The normalized spacial score (nSPS) is 12.4. The number of hydrogen-bond acceptors (Lipinski definition) is 3. The molecule has 2 aromatic rings. The first-order valence-corrected chi connectivity index (χ1v) is 7.43. The number of halogens is 1. The van der Waals surface area contributed by atoms with Crippen LogP contribution in [0.25, 0.3) is 0 Å². The van der Waals surface area contributed by atoms with Crippen LogP contribution < -0.4 is 0 Å². The maximum Gasteiger partial charge on any atom is 0.179 e. The molecule has 1 unspecified atom stereocenters. The molecule has 0 aliphatic carbocycles. The standard InChI is InChI=1S/C17H19ClN2O/c1-3-20(12-16-9-4-5-10-19-16)13(2)17(21)14-7-6-8-15(18)11-14/h4-11,13H,3,12H2,1-2H3. The van der Waals surface area contributed by atoms with E-state index in [1.54, 1.807) is 30.5 Å². The Bertz CT molecular complexity index is 601. The predicted octanol–water partition coefficient (Wildman–Crippen LogP) is 3.83. The molecule has 110 valence electrons. The molecule has 1 aromatic carbocycles. The van der Waals surface area contributed by atoms with Crippen molar-refractivity contribution in [3.63, 3.8) is 0 Å². The number of Topliss-reactive ketones (excluding diaryl/α,β-unsaturated/α-hetero) is 1. The third-order valence-electron chi connectivity index (χ3n) is 3.53. The molecule has 0 amide bonds. The average Bonchev–Trinajstić information content (AvgIpc) is 2.52. The molecule has 0 bridgehead atoms. The molecule has 4 heteroatoms. The summed E-state index contributed by atoms with van der Waals surface area (Å²) >= 11 is 5.96. The van der Waals surface area contributed by atoms with Gasteiger partial charge in [0.25, 0.3) is 0 Å². The zero-order valence-corrected chi connectivity index (χ0v) is 13.0. The molecule has 0 radical (unpaired) electrons. The quantitative estimate of drug-likeness (QED) is 0.760. The lowest BCUT2D eigenvalue weighted by Gasteiger charge is -2.26. The second kappa shape index (κ2) is 7.34. The highest BCUT2D eigenvalue weighted by molar-refractivity contribution is 6.31. The highest BCUT2D eigenvalue weighted by atomic mass is 35.5. The molecule has 3 nitrogen and oxygen atoms in total. The SMILES string of the molecule is CCN(Cc1ccccn1)C(C)C(=O)c1cccc(Cl)c1. The van der Waals surface area contributed by atoms with Gasteiger partial charge in [-0.15, -0.1) is 0 Å². The largest absolute Gasteiger partial charge is 0.292 e. The molecule has 1 heterocycles. The smallest absolute Gasteiger partial charge is 0.179 e. The van der Waals surface area contributed by atoms with Crippen LogP contribution in [0.5, 0.6) is 0 Å². The molecule has 21 heavy (non-hydrogen) atoms. The minimum atomic E-state index is -0.213. The number of pyridine rings is 1. The van der Waals surface area contributed by atoms with Crippen molar-refractivity contribution >= 4 is 17.4 Å². The van der Waals surface area contributed by atoms with Gasteiger partial charge >= 0.3 is 0 Å². The summed E-state index contributed by atoms with van der Waals surface area (Å²) in [6, 6.07) is 12.7. The minimum absolute atomic E-state index is 0.0790. The van der Waals surface area contributed by atoms with E-state index in [4.69, 9.17) is 11.6 Å². The van der Waals surface area contributed by atoms with Crippen molar-refractivity contribution in [3.05, 3.63) is 64.9 Å². The summed E-state index contributed by atoms with van der Waals surface area (Å²) < 4.78 is 0. The third-order valence-corrected chi connectivity index (χ3v) is 3.77. The van der Waals surface area contributed by atoms with E-state index >= 15 is 0 Å². The average molecular weight is 303 g/mol. The van der Waals surface area contributed by atoms with Crippen LogP contribution in [0.2, 0.25) is 5.02 Å². The fraction of sp³-hybridized carbons (Fsp3) is 0.294. The first-order chi connectivity index (χ1) is 10.1. The van der Waals surface area contributed by atoms with Crippen LogP contribution in [-0.2, 0) is 6.54 Å². The highest BCUT2D eigenvalue weighted by Gasteiger charge is 2.21. The van der Waals surface area contributed by atoms with Crippen LogP contribution >= 0.6 is 11.6 Å². The van der Waals surface area contributed by atoms with Gasteiger partial charge < -0.3 is 0 Å². The van der Waals surface area contributed by atoms with Gasteiger partial charge in [0.2, 0.25) is 0 Å². The van der Waals surface area contributed by atoms with Gasteiger partial charge in [-0.05, 0) is 37.7 Å². The van der Waals surface area contributed by atoms with Crippen molar-refractivity contribution in [2.75, 3.05) is 6.54 Å². The molecule has 0 N–H and O–H groups in total. The molecule has 1 atom stereocenters. The molecule has 0 spiro atoms. The van der Waals surface area contributed by atoms with Crippen molar-refractivity contribution in [2.45, 2.75) is 26.4 Å². The highest BCUT2D eigenvalue weighted by Crippen LogP contribution is 2.15. The van der Waals surface area contributed by atoms with Crippen molar-refractivity contribution in [1.29, 1.82) is 0 Å². The third kappa shape index (κ3) is 4.13. The van der Waals surface area contributed by atoms with Crippen LogP contribution in [-0.4, -0.2) is 28.3 Å².